The normalized spacial score (nSPS) is 14.6. The van der Waals surface area contributed by atoms with Gasteiger partial charge in [0.1, 0.15) is 6.54 Å². The van der Waals surface area contributed by atoms with E-state index in [0.717, 1.165) is 13.0 Å². The molecule has 1 heterocycles. The second-order valence-electron chi connectivity index (χ2n) is 4.14. The van der Waals surface area contributed by atoms with E-state index in [1.807, 2.05) is 6.92 Å². The maximum absolute atomic E-state index is 11.5. The number of nitrogens with zero attached hydrogens (tertiary/aromatic N) is 2. The first-order valence-electron chi connectivity index (χ1n) is 6.10. The Morgan fingerprint density at radius 3 is 2.25 bits per heavy atom. The van der Waals surface area contributed by atoms with Gasteiger partial charge in [0.05, 0.1) is 0 Å². The Labute approximate surface area is 123 Å². The molecule has 114 valence electrons. The van der Waals surface area contributed by atoms with Gasteiger partial charge >= 0.3 is 17.8 Å². The van der Waals surface area contributed by atoms with E-state index >= 15 is 0 Å². The van der Waals surface area contributed by atoms with E-state index in [-0.39, 0.29) is 12.4 Å². The molecule has 2 N–H and O–H groups in total. The summed E-state index contributed by atoms with van der Waals surface area (Å²) in [6.45, 7) is 3.47. The predicted molar refractivity (Wildman–Crippen MR) is 73.3 cm³/mol. The second-order valence-corrected chi connectivity index (χ2v) is 4.14. The Balaban J connectivity index is 0.00000361. The number of carbonyl (C=O) groups is 4. The van der Waals surface area contributed by atoms with Crippen LogP contribution in [0.15, 0.2) is 0 Å². The largest absolute Gasteiger partial charge is 0.353 e. The van der Waals surface area contributed by atoms with Gasteiger partial charge in [-0.15, -0.1) is 12.4 Å². The van der Waals surface area contributed by atoms with Crippen LogP contribution in [0.2, 0.25) is 0 Å². The van der Waals surface area contributed by atoms with Crippen molar-refractivity contribution in [3.8, 4) is 0 Å². The Morgan fingerprint density at radius 2 is 1.75 bits per heavy atom. The molecule has 8 nitrogen and oxygen atoms in total. The molecule has 0 atom stereocenters. The molecule has 0 aliphatic carbocycles. The smallest absolute Gasteiger partial charge is 0.334 e. The lowest BCUT2D eigenvalue weighted by Crippen LogP contribution is -2.42. The number of likely N-dealkylation sites (N-methyl/N-ethyl adjacent to an activating group) is 1. The van der Waals surface area contributed by atoms with Crippen LogP contribution in [0.3, 0.4) is 0 Å². The van der Waals surface area contributed by atoms with Crippen molar-refractivity contribution in [2.75, 3.05) is 33.2 Å². The standard InChI is InChI=1S/C11H18N4O4.ClH/c1-3-4-12-5-6-13-8(16)7-15-10(18)9(17)14(2)11(15)19;/h12H,3-7H2,1-2H3,(H,13,16);1H. The van der Waals surface area contributed by atoms with Crippen LogP contribution in [0.25, 0.3) is 0 Å². The van der Waals surface area contributed by atoms with E-state index < -0.39 is 30.3 Å². The van der Waals surface area contributed by atoms with Crippen LogP contribution in [-0.4, -0.2) is 66.8 Å². The second kappa shape index (κ2) is 8.49. The van der Waals surface area contributed by atoms with Gasteiger partial charge in [0.15, 0.2) is 0 Å². The fourth-order valence-electron chi connectivity index (χ4n) is 1.54. The summed E-state index contributed by atoms with van der Waals surface area (Å²) in [6.07, 6.45) is 0.999. The van der Waals surface area contributed by atoms with Gasteiger partial charge in [-0.3, -0.25) is 19.3 Å². The number of amides is 5. The molecular formula is C11H19ClN4O4. The number of nitrogens with one attached hydrogen (secondary N) is 2. The maximum Gasteiger partial charge on any atom is 0.334 e. The third-order valence-electron chi connectivity index (χ3n) is 2.60. The van der Waals surface area contributed by atoms with Crippen LogP contribution >= 0.6 is 12.4 Å². The highest BCUT2D eigenvalue weighted by atomic mass is 35.5. The summed E-state index contributed by atoms with van der Waals surface area (Å²) in [5.74, 6) is -2.35. The molecular weight excluding hydrogens is 288 g/mol. The number of hydrogen-bond acceptors (Lipinski definition) is 5. The Hall–Kier alpha value is -1.67. The van der Waals surface area contributed by atoms with Crippen molar-refractivity contribution in [3.05, 3.63) is 0 Å². The first-order chi connectivity index (χ1) is 8.99. The Morgan fingerprint density at radius 1 is 1.10 bits per heavy atom. The lowest BCUT2D eigenvalue weighted by molar-refractivity contribution is -0.143. The van der Waals surface area contributed by atoms with Gasteiger partial charge in [-0.05, 0) is 13.0 Å². The third-order valence-corrected chi connectivity index (χ3v) is 2.60. The van der Waals surface area contributed by atoms with Gasteiger partial charge < -0.3 is 10.6 Å². The van der Waals surface area contributed by atoms with Crippen LogP contribution in [0, 0.1) is 0 Å². The quantitative estimate of drug-likeness (QED) is 0.355. The van der Waals surface area contributed by atoms with Crippen LogP contribution in [0.5, 0.6) is 0 Å². The van der Waals surface area contributed by atoms with Crippen molar-refractivity contribution in [1.29, 1.82) is 0 Å². The van der Waals surface area contributed by atoms with E-state index in [0.29, 0.717) is 22.9 Å². The molecule has 20 heavy (non-hydrogen) atoms. The SMILES string of the molecule is CCCNCCNC(=O)CN1C(=O)C(=O)N(C)C1=O.Cl. The highest BCUT2D eigenvalue weighted by molar-refractivity contribution is 6.44. The molecule has 1 aliphatic heterocycles. The van der Waals surface area contributed by atoms with E-state index in [4.69, 9.17) is 0 Å². The van der Waals surface area contributed by atoms with Gasteiger partial charge in [0.25, 0.3) is 0 Å². The van der Waals surface area contributed by atoms with Crippen molar-refractivity contribution in [1.82, 2.24) is 20.4 Å². The average molecular weight is 307 g/mol. The van der Waals surface area contributed by atoms with E-state index in [1.165, 1.54) is 7.05 Å². The number of imide groups is 2. The summed E-state index contributed by atoms with van der Waals surface area (Å²) < 4.78 is 0. The fraction of sp³-hybridized carbons (Fsp3) is 0.636. The average Bonchev–Trinajstić information content (AvgIpc) is 2.56. The Bertz CT molecular complexity index is 402. The number of carbonyl (C=O) groups excluding carboxylic acids is 4. The molecule has 0 aromatic carbocycles. The molecule has 0 aromatic heterocycles. The van der Waals surface area contributed by atoms with Gasteiger partial charge in [-0.1, -0.05) is 6.92 Å². The lowest BCUT2D eigenvalue weighted by atomic mass is 10.4. The monoisotopic (exact) mass is 306 g/mol. The maximum atomic E-state index is 11.5. The van der Waals surface area contributed by atoms with Gasteiger partial charge in [0.2, 0.25) is 5.91 Å². The topological polar surface area (TPSA) is 98.8 Å². The molecule has 1 rings (SSSR count). The zero-order valence-electron chi connectivity index (χ0n) is 11.5. The van der Waals surface area contributed by atoms with Gasteiger partial charge in [0, 0.05) is 20.1 Å². The van der Waals surface area contributed by atoms with Crippen molar-refractivity contribution >= 4 is 36.2 Å². The molecule has 0 aromatic rings. The summed E-state index contributed by atoms with van der Waals surface area (Å²) in [5, 5.41) is 5.65. The van der Waals surface area contributed by atoms with Crippen LogP contribution in [0.4, 0.5) is 4.79 Å². The van der Waals surface area contributed by atoms with Crippen molar-refractivity contribution in [2.24, 2.45) is 0 Å². The molecule has 5 amide bonds. The summed E-state index contributed by atoms with van der Waals surface area (Å²) >= 11 is 0. The van der Waals surface area contributed by atoms with Crippen LogP contribution < -0.4 is 10.6 Å². The molecule has 0 spiro atoms. The van der Waals surface area contributed by atoms with E-state index in [9.17, 15) is 19.2 Å². The number of rotatable bonds is 7. The number of hydrogen-bond donors (Lipinski definition) is 2. The van der Waals surface area contributed by atoms with E-state index in [2.05, 4.69) is 10.6 Å². The molecule has 0 bridgehead atoms. The molecule has 0 unspecified atom stereocenters. The van der Waals surface area contributed by atoms with E-state index in [1.54, 1.807) is 0 Å². The molecule has 1 saturated heterocycles. The molecule has 0 radical (unpaired) electrons. The van der Waals surface area contributed by atoms with Gasteiger partial charge in [-0.25, -0.2) is 9.69 Å². The predicted octanol–water partition coefficient (Wildman–Crippen LogP) is -1.06. The zero-order valence-corrected chi connectivity index (χ0v) is 12.3. The summed E-state index contributed by atoms with van der Waals surface area (Å²) in [5.41, 5.74) is 0. The van der Waals surface area contributed by atoms with Crippen molar-refractivity contribution in [3.63, 3.8) is 0 Å². The van der Waals surface area contributed by atoms with Crippen LogP contribution in [0.1, 0.15) is 13.3 Å². The first kappa shape index (κ1) is 18.3. The van der Waals surface area contributed by atoms with Crippen molar-refractivity contribution in [2.45, 2.75) is 13.3 Å². The number of halogens is 1. The van der Waals surface area contributed by atoms with Crippen molar-refractivity contribution < 1.29 is 19.2 Å². The fourth-order valence-corrected chi connectivity index (χ4v) is 1.54. The summed E-state index contributed by atoms with van der Waals surface area (Å²) in [4.78, 5) is 47.0. The molecule has 1 fully saturated rings. The van der Waals surface area contributed by atoms with Crippen LogP contribution in [-0.2, 0) is 14.4 Å². The zero-order chi connectivity index (χ0) is 14.4. The minimum Gasteiger partial charge on any atom is -0.353 e. The first-order valence-corrected chi connectivity index (χ1v) is 6.10. The number of urea groups is 1. The minimum absolute atomic E-state index is 0. The highest BCUT2D eigenvalue weighted by Gasteiger charge is 2.42. The molecule has 9 heteroatoms. The highest BCUT2D eigenvalue weighted by Crippen LogP contribution is 2.08. The molecule has 1 aliphatic rings. The van der Waals surface area contributed by atoms with Gasteiger partial charge in [-0.2, -0.15) is 0 Å². The summed E-state index contributed by atoms with van der Waals surface area (Å²) in [7, 11) is 1.20. The third kappa shape index (κ3) is 4.46. The summed E-state index contributed by atoms with van der Waals surface area (Å²) in [6, 6.07) is -0.769. The molecule has 0 saturated carbocycles. The minimum atomic E-state index is -0.966. The Kier molecular flexibility index (Phi) is 7.78. The lowest BCUT2D eigenvalue weighted by Gasteiger charge is -2.12.